The van der Waals surface area contributed by atoms with Gasteiger partial charge in [0.05, 0.1) is 18.2 Å². The molecule has 0 radical (unpaired) electrons. The fourth-order valence-electron chi connectivity index (χ4n) is 4.53. The summed E-state index contributed by atoms with van der Waals surface area (Å²) in [6.07, 6.45) is 2.85. The van der Waals surface area contributed by atoms with E-state index in [-0.39, 0.29) is 32.1 Å². The molecule has 1 aromatic carbocycles. The molecule has 1 N–H and O–H groups in total. The molecule has 1 fully saturated rings. The summed E-state index contributed by atoms with van der Waals surface area (Å²) in [5, 5.41) is 3.13. The third kappa shape index (κ3) is 6.85. The Labute approximate surface area is 228 Å². The first-order chi connectivity index (χ1) is 18.4. The van der Waals surface area contributed by atoms with Crippen molar-refractivity contribution in [2.45, 2.75) is 45.6 Å². The zero-order chi connectivity index (χ0) is 28.4. The zero-order valence-corrected chi connectivity index (χ0v) is 23.1. The third-order valence-corrected chi connectivity index (χ3v) is 6.72. The van der Waals surface area contributed by atoms with Gasteiger partial charge < -0.3 is 24.6 Å². The van der Waals surface area contributed by atoms with Gasteiger partial charge in [-0.2, -0.15) is 0 Å². The van der Waals surface area contributed by atoms with Crippen LogP contribution in [0.2, 0.25) is 0 Å². The molecule has 10 heteroatoms. The number of halogens is 2. The van der Waals surface area contributed by atoms with Crippen molar-refractivity contribution in [2.24, 2.45) is 5.92 Å². The lowest BCUT2D eigenvalue weighted by atomic mass is 9.92. The molecule has 0 bridgehead atoms. The monoisotopic (exact) mass is 542 g/mol. The fraction of sp³-hybridized carbons (Fsp3) is 0.483. The standard InChI is InChI=1S/C29H36F2N4O4/c1-6-38-25(36)18-34(5)22-10-7-19(8-11-22)24-15-20-9-12-23(20)26(33-24)32-16-21-17-35(14-13-29(21,30)31)27(37)39-28(2,3)4/h7-12,15,21H,6,13-14,16-18H2,1-5H3,(H,32,33). The van der Waals surface area contributed by atoms with Gasteiger partial charge in [0.15, 0.2) is 0 Å². The van der Waals surface area contributed by atoms with Crippen molar-refractivity contribution in [3.8, 4) is 11.3 Å². The minimum atomic E-state index is -2.92. The maximum Gasteiger partial charge on any atom is 0.410 e. The number of nitrogens with one attached hydrogen (secondary N) is 1. The molecule has 2 aromatic rings. The zero-order valence-electron chi connectivity index (χ0n) is 23.1. The Morgan fingerprint density at radius 2 is 1.92 bits per heavy atom. The molecule has 39 heavy (non-hydrogen) atoms. The van der Waals surface area contributed by atoms with Crippen LogP contribution in [-0.2, 0) is 14.3 Å². The molecule has 8 nitrogen and oxygen atoms in total. The number of piperidine rings is 1. The summed E-state index contributed by atoms with van der Waals surface area (Å²) in [7, 11) is 1.81. The number of anilines is 2. The lowest BCUT2D eigenvalue weighted by Gasteiger charge is -2.39. The first kappa shape index (κ1) is 28.3. The van der Waals surface area contributed by atoms with E-state index in [9.17, 15) is 18.4 Å². The van der Waals surface area contributed by atoms with Gasteiger partial charge in [-0.15, -0.1) is 0 Å². The molecule has 1 aliphatic carbocycles. The predicted molar refractivity (Wildman–Crippen MR) is 148 cm³/mol. The number of hydrogen-bond donors (Lipinski definition) is 1. The van der Waals surface area contributed by atoms with Gasteiger partial charge in [-0.3, -0.25) is 4.79 Å². The van der Waals surface area contributed by atoms with Crippen LogP contribution < -0.4 is 10.2 Å². The number of hydrogen-bond acceptors (Lipinski definition) is 7. The van der Waals surface area contributed by atoms with Crippen molar-refractivity contribution in [1.29, 1.82) is 0 Å². The smallest absolute Gasteiger partial charge is 0.410 e. The first-order valence-corrected chi connectivity index (χ1v) is 13.2. The fourth-order valence-corrected chi connectivity index (χ4v) is 4.53. The highest BCUT2D eigenvalue weighted by molar-refractivity contribution is 5.92. The summed E-state index contributed by atoms with van der Waals surface area (Å²) < 4.78 is 40.0. The average Bonchev–Trinajstić information content (AvgIpc) is 2.83. The van der Waals surface area contributed by atoms with E-state index in [1.165, 1.54) is 4.90 Å². The third-order valence-electron chi connectivity index (χ3n) is 6.72. The lowest BCUT2D eigenvalue weighted by Crippen LogP contribution is -2.52. The van der Waals surface area contributed by atoms with Crippen LogP contribution >= 0.6 is 0 Å². The quantitative estimate of drug-likeness (QED) is 0.375. The lowest BCUT2D eigenvalue weighted by molar-refractivity contribution is -0.141. The van der Waals surface area contributed by atoms with Crippen molar-refractivity contribution in [1.82, 2.24) is 9.88 Å². The molecular formula is C29H36F2N4O4. The van der Waals surface area contributed by atoms with E-state index in [4.69, 9.17) is 14.5 Å². The van der Waals surface area contributed by atoms with Crippen molar-refractivity contribution < 1.29 is 27.8 Å². The number of ether oxygens (including phenoxy) is 2. The second-order valence-electron chi connectivity index (χ2n) is 10.9. The van der Waals surface area contributed by atoms with Crippen molar-refractivity contribution >= 4 is 35.7 Å². The van der Waals surface area contributed by atoms with Crippen LogP contribution in [0.25, 0.3) is 23.4 Å². The molecule has 2 heterocycles. The van der Waals surface area contributed by atoms with Crippen LogP contribution in [0.3, 0.4) is 0 Å². The van der Waals surface area contributed by atoms with E-state index in [2.05, 4.69) is 5.32 Å². The van der Waals surface area contributed by atoms with E-state index in [0.29, 0.717) is 18.1 Å². The summed E-state index contributed by atoms with van der Waals surface area (Å²) >= 11 is 0. The van der Waals surface area contributed by atoms with E-state index < -0.39 is 30.0 Å². The van der Waals surface area contributed by atoms with Crippen LogP contribution in [0.5, 0.6) is 0 Å². The normalized spacial score (nSPS) is 17.6. The Bertz CT molecular complexity index is 1240. The van der Waals surface area contributed by atoms with Gasteiger partial charge in [0.25, 0.3) is 5.92 Å². The number of esters is 1. The Kier molecular flexibility index (Phi) is 8.13. The van der Waals surface area contributed by atoms with Gasteiger partial charge in [-0.05, 0) is 51.5 Å². The van der Waals surface area contributed by atoms with Crippen LogP contribution in [0.15, 0.2) is 30.3 Å². The number of rotatable bonds is 8. The summed E-state index contributed by atoms with van der Waals surface area (Å²) in [4.78, 5) is 32.2. The Morgan fingerprint density at radius 3 is 2.54 bits per heavy atom. The van der Waals surface area contributed by atoms with Crippen LogP contribution in [0.1, 0.15) is 45.2 Å². The summed E-state index contributed by atoms with van der Waals surface area (Å²) in [5.74, 6) is -3.78. The van der Waals surface area contributed by atoms with Gasteiger partial charge in [-0.25, -0.2) is 18.6 Å². The van der Waals surface area contributed by atoms with Gasteiger partial charge >= 0.3 is 12.1 Å². The van der Waals surface area contributed by atoms with Gasteiger partial charge in [-0.1, -0.05) is 24.3 Å². The highest BCUT2D eigenvalue weighted by Crippen LogP contribution is 2.37. The maximum absolute atomic E-state index is 14.8. The molecule has 0 saturated carbocycles. The SMILES string of the molecule is CCOC(=O)CN(C)c1ccc(-c2cc3c(c(NCC4CN(C(=O)OC(C)(C)C)CCC4(F)F)n2)C=C3)cc1. The number of aromatic nitrogens is 1. The summed E-state index contributed by atoms with van der Waals surface area (Å²) in [5.41, 5.74) is 3.55. The van der Waals surface area contributed by atoms with Crippen LogP contribution in [0.4, 0.5) is 25.1 Å². The summed E-state index contributed by atoms with van der Waals surface area (Å²) in [6, 6.07) is 9.56. The molecule has 1 amide bonds. The molecule has 2 aliphatic rings. The van der Waals surface area contributed by atoms with Crippen molar-refractivity contribution in [3.05, 3.63) is 41.5 Å². The van der Waals surface area contributed by atoms with Crippen LogP contribution in [-0.4, -0.2) is 73.3 Å². The van der Waals surface area contributed by atoms with Crippen molar-refractivity contribution in [2.75, 3.05) is 50.1 Å². The molecule has 0 spiro atoms. The molecule has 1 atom stereocenters. The number of alkyl halides is 2. The number of carbonyl (C=O) groups excluding carboxylic acids is 2. The number of nitrogens with zero attached hydrogens (tertiary/aromatic N) is 3. The second-order valence-corrected chi connectivity index (χ2v) is 10.9. The first-order valence-electron chi connectivity index (χ1n) is 13.2. The predicted octanol–water partition coefficient (Wildman–Crippen LogP) is 5.54. The van der Waals surface area contributed by atoms with Gasteiger partial charge in [0, 0.05) is 49.9 Å². The summed E-state index contributed by atoms with van der Waals surface area (Å²) in [6.45, 7) is 7.31. The molecule has 4 rings (SSSR count). The largest absolute Gasteiger partial charge is 0.465 e. The highest BCUT2D eigenvalue weighted by atomic mass is 19.3. The highest BCUT2D eigenvalue weighted by Gasteiger charge is 2.45. The minimum absolute atomic E-state index is 0.0410. The van der Waals surface area contributed by atoms with Gasteiger partial charge in [0.2, 0.25) is 0 Å². The second kappa shape index (κ2) is 11.2. The number of fused-ring (bicyclic) bond motifs is 1. The molecule has 1 aromatic heterocycles. The number of pyridine rings is 1. The van der Waals surface area contributed by atoms with Crippen LogP contribution in [0, 0.1) is 5.92 Å². The van der Waals surface area contributed by atoms with Crippen molar-refractivity contribution in [3.63, 3.8) is 0 Å². The molecule has 1 saturated heterocycles. The molecular weight excluding hydrogens is 506 g/mol. The Balaban J connectivity index is 1.46. The van der Waals surface area contributed by atoms with E-state index in [1.54, 1.807) is 32.6 Å². The Morgan fingerprint density at radius 1 is 1.21 bits per heavy atom. The van der Waals surface area contributed by atoms with Gasteiger partial charge in [0.1, 0.15) is 18.0 Å². The minimum Gasteiger partial charge on any atom is -0.465 e. The number of likely N-dealkylation sites (tertiary alicyclic amines) is 1. The Hall–Kier alpha value is -3.69. The number of likely N-dealkylation sites (N-methyl/N-ethyl adjacent to an activating group) is 1. The molecule has 1 unspecified atom stereocenters. The number of benzene rings is 1. The number of amides is 1. The van der Waals surface area contributed by atoms with E-state index in [1.807, 2.05) is 49.5 Å². The average molecular weight is 543 g/mol. The molecule has 210 valence electrons. The number of carbonyl (C=O) groups is 2. The van der Waals surface area contributed by atoms with E-state index >= 15 is 0 Å². The maximum atomic E-state index is 14.8. The topological polar surface area (TPSA) is 84.0 Å². The molecule has 1 aliphatic heterocycles. The van der Waals surface area contributed by atoms with E-state index in [0.717, 1.165) is 22.4 Å².